The molecule has 0 aromatic heterocycles. The van der Waals surface area contributed by atoms with Crippen LogP contribution in [0.3, 0.4) is 0 Å². The number of hydrogen-bond acceptors (Lipinski definition) is 4. The number of nitrogens with one attached hydrogen (secondary N) is 1. The average molecular weight is 418 g/mol. The summed E-state index contributed by atoms with van der Waals surface area (Å²) in [4.78, 5) is 12.4. The zero-order valence-corrected chi connectivity index (χ0v) is 15.9. The van der Waals surface area contributed by atoms with Gasteiger partial charge in [0.15, 0.2) is 6.10 Å². The fraction of sp³-hybridized carbons (Fsp3) is 0.316. The van der Waals surface area contributed by atoms with E-state index in [-0.39, 0.29) is 24.7 Å². The third kappa shape index (κ3) is 6.31. The molecule has 0 aliphatic rings. The summed E-state index contributed by atoms with van der Waals surface area (Å²) in [6.45, 7) is 1.82. The van der Waals surface area contributed by atoms with E-state index in [1.54, 1.807) is 18.2 Å². The Bertz CT molecular complexity index is 814. The molecule has 0 radical (unpaired) electrons. The molecule has 2 aromatic rings. The van der Waals surface area contributed by atoms with Crippen molar-refractivity contribution >= 4 is 23.2 Å². The summed E-state index contributed by atoms with van der Waals surface area (Å²) >= 11 is 5.87. The van der Waals surface area contributed by atoms with Crippen LogP contribution >= 0.6 is 11.6 Å². The van der Waals surface area contributed by atoms with E-state index in [0.29, 0.717) is 10.8 Å². The van der Waals surface area contributed by atoms with Crippen LogP contribution in [0, 0.1) is 0 Å². The second-order valence-electron chi connectivity index (χ2n) is 5.76. The molecular formula is C19H19ClF3NO4. The van der Waals surface area contributed by atoms with Gasteiger partial charge in [0.25, 0.3) is 5.91 Å². The van der Waals surface area contributed by atoms with Crippen LogP contribution in [0.1, 0.15) is 12.5 Å². The number of ether oxygens (including phenoxy) is 3. The summed E-state index contributed by atoms with van der Waals surface area (Å²) in [5.41, 5.74) is -1.03. The maximum absolute atomic E-state index is 13.0. The number of rotatable bonds is 8. The smallest absolute Gasteiger partial charge is 0.416 e. The lowest BCUT2D eigenvalue weighted by Gasteiger charge is -2.18. The van der Waals surface area contributed by atoms with Gasteiger partial charge in [-0.1, -0.05) is 17.7 Å². The minimum Gasteiger partial charge on any atom is -0.489 e. The SMILES string of the molecule is COCCOc1ccc(C(F)(F)F)cc1NC(=O)C(C)Oc1cccc(Cl)c1. The zero-order chi connectivity index (χ0) is 20.7. The first kappa shape index (κ1) is 21.8. The zero-order valence-electron chi connectivity index (χ0n) is 15.2. The fourth-order valence-electron chi connectivity index (χ4n) is 2.20. The minimum absolute atomic E-state index is 0.0911. The summed E-state index contributed by atoms with van der Waals surface area (Å²) in [6.07, 6.45) is -5.55. The Labute approximate surface area is 165 Å². The maximum atomic E-state index is 13.0. The highest BCUT2D eigenvalue weighted by Crippen LogP contribution is 2.35. The van der Waals surface area contributed by atoms with Crippen molar-refractivity contribution in [1.82, 2.24) is 0 Å². The monoisotopic (exact) mass is 417 g/mol. The lowest BCUT2D eigenvalue weighted by Crippen LogP contribution is -2.30. The second-order valence-corrected chi connectivity index (χ2v) is 6.19. The Kier molecular flexibility index (Phi) is 7.53. The van der Waals surface area contributed by atoms with Crippen molar-refractivity contribution in [2.45, 2.75) is 19.2 Å². The number of benzene rings is 2. The number of hydrogen-bond donors (Lipinski definition) is 1. The molecule has 0 fully saturated rings. The topological polar surface area (TPSA) is 56.8 Å². The third-order valence-electron chi connectivity index (χ3n) is 3.59. The number of alkyl halides is 3. The molecule has 0 aliphatic heterocycles. The minimum atomic E-state index is -4.56. The number of carbonyl (C=O) groups excluding carboxylic acids is 1. The fourth-order valence-corrected chi connectivity index (χ4v) is 2.38. The van der Waals surface area contributed by atoms with Gasteiger partial charge in [0.1, 0.15) is 18.1 Å². The van der Waals surface area contributed by atoms with E-state index in [1.807, 2.05) is 0 Å². The third-order valence-corrected chi connectivity index (χ3v) is 3.82. The van der Waals surface area contributed by atoms with Crippen LogP contribution in [-0.4, -0.2) is 32.3 Å². The Morgan fingerprint density at radius 1 is 1.18 bits per heavy atom. The Balaban J connectivity index is 2.17. The summed E-state index contributed by atoms with van der Waals surface area (Å²) < 4.78 is 54.8. The van der Waals surface area contributed by atoms with Gasteiger partial charge in [-0.3, -0.25) is 4.79 Å². The molecule has 1 N–H and O–H groups in total. The first-order valence-electron chi connectivity index (χ1n) is 8.27. The molecule has 0 bridgehead atoms. The first-order chi connectivity index (χ1) is 13.2. The van der Waals surface area contributed by atoms with E-state index in [9.17, 15) is 18.0 Å². The van der Waals surface area contributed by atoms with E-state index in [1.165, 1.54) is 20.1 Å². The van der Waals surface area contributed by atoms with Crippen molar-refractivity contribution in [3.8, 4) is 11.5 Å². The van der Waals surface area contributed by atoms with Gasteiger partial charge in [0, 0.05) is 12.1 Å². The van der Waals surface area contributed by atoms with Crippen LogP contribution in [-0.2, 0) is 15.7 Å². The molecule has 0 aliphatic carbocycles. The van der Waals surface area contributed by atoms with E-state index < -0.39 is 23.8 Å². The summed E-state index contributed by atoms with van der Waals surface area (Å²) in [5, 5.41) is 2.85. The van der Waals surface area contributed by atoms with E-state index in [2.05, 4.69) is 5.32 Å². The Hall–Kier alpha value is -2.45. The van der Waals surface area contributed by atoms with Gasteiger partial charge in [-0.25, -0.2) is 0 Å². The van der Waals surface area contributed by atoms with Gasteiger partial charge in [-0.05, 0) is 43.3 Å². The van der Waals surface area contributed by atoms with E-state index in [4.69, 9.17) is 25.8 Å². The Morgan fingerprint density at radius 2 is 1.93 bits per heavy atom. The summed E-state index contributed by atoms with van der Waals surface area (Å²) in [6, 6.07) is 9.27. The van der Waals surface area contributed by atoms with Gasteiger partial charge < -0.3 is 19.5 Å². The van der Waals surface area contributed by atoms with Crippen LogP contribution < -0.4 is 14.8 Å². The van der Waals surface area contributed by atoms with Gasteiger partial charge in [-0.15, -0.1) is 0 Å². The predicted molar refractivity (Wildman–Crippen MR) is 99.0 cm³/mol. The number of amides is 1. The largest absolute Gasteiger partial charge is 0.489 e. The van der Waals surface area contributed by atoms with Crippen LogP contribution in [0.15, 0.2) is 42.5 Å². The molecule has 2 aromatic carbocycles. The molecule has 1 atom stereocenters. The highest BCUT2D eigenvalue weighted by Gasteiger charge is 2.31. The van der Waals surface area contributed by atoms with Crippen molar-refractivity contribution in [3.63, 3.8) is 0 Å². The summed E-state index contributed by atoms with van der Waals surface area (Å²) in [5.74, 6) is -0.194. The normalized spacial score (nSPS) is 12.4. The standard InChI is InChI=1S/C19H19ClF3NO4/c1-12(28-15-5-3-4-14(20)11-15)18(25)24-16-10-13(19(21,22)23)6-7-17(16)27-9-8-26-2/h3-7,10-12H,8-9H2,1-2H3,(H,24,25). The number of anilines is 1. The van der Waals surface area contributed by atoms with E-state index >= 15 is 0 Å². The van der Waals surface area contributed by atoms with Crippen molar-refractivity contribution in [1.29, 1.82) is 0 Å². The quantitative estimate of drug-likeness (QED) is 0.627. The number of halogens is 4. The molecule has 9 heteroatoms. The molecule has 28 heavy (non-hydrogen) atoms. The second kappa shape index (κ2) is 9.66. The van der Waals surface area contributed by atoms with Crippen LogP contribution in [0.4, 0.5) is 18.9 Å². The maximum Gasteiger partial charge on any atom is 0.416 e. The molecule has 0 saturated heterocycles. The lowest BCUT2D eigenvalue weighted by molar-refractivity contribution is -0.137. The lowest BCUT2D eigenvalue weighted by atomic mass is 10.1. The highest BCUT2D eigenvalue weighted by molar-refractivity contribution is 6.30. The first-order valence-corrected chi connectivity index (χ1v) is 8.64. The van der Waals surface area contributed by atoms with Crippen molar-refractivity contribution in [3.05, 3.63) is 53.1 Å². The van der Waals surface area contributed by atoms with Crippen molar-refractivity contribution in [2.24, 2.45) is 0 Å². The molecule has 0 spiro atoms. The Morgan fingerprint density at radius 3 is 2.57 bits per heavy atom. The number of carbonyl (C=O) groups is 1. The molecule has 1 amide bonds. The molecular weight excluding hydrogens is 399 g/mol. The van der Waals surface area contributed by atoms with Gasteiger partial charge in [-0.2, -0.15) is 13.2 Å². The van der Waals surface area contributed by atoms with Gasteiger partial charge >= 0.3 is 6.18 Å². The molecule has 1 unspecified atom stereocenters. The van der Waals surface area contributed by atoms with E-state index in [0.717, 1.165) is 18.2 Å². The van der Waals surface area contributed by atoms with Crippen LogP contribution in [0.5, 0.6) is 11.5 Å². The molecule has 152 valence electrons. The van der Waals surface area contributed by atoms with Gasteiger partial charge in [0.05, 0.1) is 17.9 Å². The van der Waals surface area contributed by atoms with Crippen LogP contribution in [0.2, 0.25) is 5.02 Å². The van der Waals surface area contributed by atoms with Crippen LogP contribution in [0.25, 0.3) is 0 Å². The van der Waals surface area contributed by atoms with Crippen molar-refractivity contribution < 1.29 is 32.2 Å². The molecule has 0 saturated carbocycles. The van der Waals surface area contributed by atoms with Gasteiger partial charge in [0.2, 0.25) is 0 Å². The average Bonchev–Trinajstić information content (AvgIpc) is 2.62. The highest BCUT2D eigenvalue weighted by atomic mass is 35.5. The molecule has 2 rings (SSSR count). The van der Waals surface area contributed by atoms with Crippen molar-refractivity contribution in [2.75, 3.05) is 25.6 Å². The molecule has 0 heterocycles. The predicted octanol–water partition coefficient (Wildman–Crippen LogP) is 4.79. The number of methoxy groups -OCH3 is 1. The molecule has 5 nitrogen and oxygen atoms in total. The summed E-state index contributed by atoms with van der Waals surface area (Å²) in [7, 11) is 1.47.